The van der Waals surface area contributed by atoms with Gasteiger partial charge in [-0.1, -0.05) is 55.8 Å². The number of phenolic OH excluding ortho intramolecular Hbond substituents is 1. The number of hydrogen-bond donors (Lipinski definition) is 2. The number of aliphatic hydroxyl groups is 1. The molecule has 2 aliphatic rings. The Labute approximate surface area is 160 Å². The third-order valence-electron chi connectivity index (χ3n) is 5.32. The van der Waals surface area contributed by atoms with Crippen LogP contribution in [0.25, 0.3) is 11.1 Å². The molecule has 0 bridgehead atoms. The Morgan fingerprint density at radius 3 is 2.26 bits per heavy atom. The number of fused-ring (bicyclic) bond motifs is 1. The molecule has 0 spiro atoms. The van der Waals surface area contributed by atoms with Crippen LogP contribution in [0.2, 0.25) is 0 Å². The molecule has 2 N–H and O–H groups in total. The van der Waals surface area contributed by atoms with Gasteiger partial charge in [0.2, 0.25) is 0 Å². The van der Waals surface area contributed by atoms with Crippen molar-refractivity contribution >= 4 is 11.1 Å². The van der Waals surface area contributed by atoms with Gasteiger partial charge in [-0.05, 0) is 82.5 Å². The molecule has 27 heavy (non-hydrogen) atoms. The molecule has 2 nitrogen and oxygen atoms in total. The standard InChI is InChI=1S/C25H24O2/c1-2-3-9-22-21-15-14-20(27)16-23(21)25(17-7-5-4-6-8-17)24(22)18-10-12-19(26)13-11-18/h4-8,10-14,16,26-27H,2-3,9,15H2,1H3. The molecular formula is C25H24O2. The highest BCUT2D eigenvalue weighted by Crippen LogP contribution is 2.51. The fourth-order valence-electron chi connectivity index (χ4n) is 4.04. The molecule has 2 aromatic carbocycles. The van der Waals surface area contributed by atoms with E-state index in [9.17, 15) is 10.2 Å². The van der Waals surface area contributed by atoms with Crippen molar-refractivity contribution < 1.29 is 10.2 Å². The van der Waals surface area contributed by atoms with Crippen LogP contribution in [0.3, 0.4) is 0 Å². The van der Waals surface area contributed by atoms with Crippen molar-refractivity contribution in [3.8, 4) is 5.75 Å². The van der Waals surface area contributed by atoms with Gasteiger partial charge in [0.25, 0.3) is 0 Å². The summed E-state index contributed by atoms with van der Waals surface area (Å²) < 4.78 is 0. The molecule has 0 aromatic heterocycles. The maximum absolute atomic E-state index is 10.2. The number of rotatable bonds is 5. The Balaban J connectivity index is 1.98. The highest BCUT2D eigenvalue weighted by Gasteiger charge is 2.31. The lowest BCUT2D eigenvalue weighted by Gasteiger charge is -2.14. The fraction of sp³-hybridized carbons (Fsp3) is 0.200. The Hall–Kier alpha value is -3.00. The first kappa shape index (κ1) is 17.4. The van der Waals surface area contributed by atoms with E-state index in [-0.39, 0.29) is 5.75 Å². The maximum atomic E-state index is 10.2. The molecular weight excluding hydrogens is 332 g/mol. The molecule has 0 radical (unpaired) electrons. The Kier molecular flexibility index (Phi) is 4.72. The second kappa shape index (κ2) is 7.32. The maximum Gasteiger partial charge on any atom is 0.115 e. The summed E-state index contributed by atoms with van der Waals surface area (Å²) in [7, 11) is 0. The normalized spacial score (nSPS) is 16.3. The minimum absolute atomic E-state index is 0.275. The van der Waals surface area contributed by atoms with E-state index in [1.165, 1.54) is 22.3 Å². The summed E-state index contributed by atoms with van der Waals surface area (Å²) in [6.45, 7) is 2.21. The van der Waals surface area contributed by atoms with Gasteiger partial charge in [0.15, 0.2) is 0 Å². The van der Waals surface area contributed by atoms with E-state index in [0.29, 0.717) is 5.76 Å². The molecule has 0 aliphatic heterocycles. The van der Waals surface area contributed by atoms with Crippen LogP contribution in [-0.2, 0) is 0 Å². The lowest BCUT2D eigenvalue weighted by atomic mass is 9.90. The second-order valence-corrected chi connectivity index (χ2v) is 7.11. The number of aromatic hydroxyl groups is 1. The number of benzene rings is 2. The molecule has 0 fully saturated rings. The van der Waals surface area contributed by atoms with E-state index in [1.807, 2.05) is 30.4 Å². The van der Waals surface area contributed by atoms with Crippen LogP contribution in [0.4, 0.5) is 0 Å². The SMILES string of the molecule is CCCCC1=C2CC=C(O)C=C2C(c2ccccc2)=C1c1ccc(O)cc1. The molecule has 0 unspecified atom stereocenters. The average Bonchev–Trinajstić information content (AvgIpc) is 3.01. The molecule has 2 aliphatic carbocycles. The van der Waals surface area contributed by atoms with E-state index < -0.39 is 0 Å². The number of hydrogen-bond acceptors (Lipinski definition) is 2. The molecule has 0 amide bonds. The van der Waals surface area contributed by atoms with Crippen molar-refractivity contribution in [1.29, 1.82) is 0 Å². The predicted molar refractivity (Wildman–Crippen MR) is 111 cm³/mol. The first-order chi connectivity index (χ1) is 13.2. The molecule has 4 rings (SSSR count). The topological polar surface area (TPSA) is 40.5 Å². The van der Waals surface area contributed by atoms with Crippen molar-refractivity contribution in [1.82, 2.24) is 0 Å². The Bertz CT molecular complexity index is 971. The molecule has 0 atom stereocenters. The number of unbranched alkanes of at least 4 members (excludes halogenated alkanes) is 1. The lowest BCUT2D eigenvalue weighted by Crippen LogP contribution is -1.97. The Morgan fingerprint density at radius 1 is 0.852 bits per heavy atom. The lowest BCUT2D eigenvalue weighted by molar-refractivity contribution is 0.428. The minimum Gasteiger partial charge on any atom is -0.508 e. The summed E-state index contributed by atoms with van der Waals surface area (Å²) in [6, 6.07) is 17.9. The summed E-state index contributed by atoms with van der Waals surface area (Å²) in [5.41, 5.74) is 8.52. The molecule has 0 saturated carbocycles. The number of aliphatic hydroxyl groups excluding tert-OH is 1. The van der Waals surface area contributed by atoms with Crippen molar-refractivity contribution in [3.05, 3.63) is 100 Å². The third kappa shape index (κ3) is 3.23. The average molecular weight is 356 g/mol. The zero-order valence-electron chi connectivity index (χ0n) is 15.6. The van der Waals surface area contributed by atoms with Gasteiger partial charge in [-0.25, -0.2) is 0 Å². The zero-order valence-corrected chi connectivity index (χ0v) is 15.6. The van der Waals surface area contributed by atoms with Gasteiger partial charge in [0.05, 0.1) is 0 Å². The number of allylic oxidation sites excluding steroid dienone is 7. The van der Waals surface area contributed by atoms with Gasteiger partial charge in [-0.3, -0.25) is 0 Å². The van der Waals surface area contributed by atoms with Crippen molar-refractivity contribution in [2.75, 3.05) is 0 Å². The van der Waals surface area contributed by atoms with E-state index in [2.05, 4.69) is 31.2 Å². The first-order valence-corrected chi connectivity index (χ1v) is 9.62. The monoisotopic (exact) mass is 356 g/mol. The van der Waals surface area contributed by atoms with E-state index in [1.54, 1.807) is 12.1 Å². The van der Waals surface area contributed by atoms with Gasteiger partial charge >= 0.3 is 0 Å². The first-order valence-electron chi connectivity index (χ1n) is 9.62. The van der Waals surface area contributed by atoms with E-state index in [0.717, 1.165) is 42.4 Å². The summed E-state index contributed by atoms with van der Waals surface area (Å²) in [4.78, 5) is 0. The van der Waals surface area contributed by atoms with Crippen LogP contribution in [-0.4, -0.2) is 10.2 Å². The summed E-state index contributed by atoms with van der Waals surface area (Å²) in [5.74, 6) is 0.612. The fourth-order valence-corrected chi connectivity index (χ4v) is 4.04. The van der Waals surface area contributed by atoms with Gasteiger partial charge in [-0.2, -0.15) is 0 Å². The van der Waals surface area contributed by atoms with E-state index in [4.69, 9.17) is 0 Å². The highest BCUT2D eigenvalue weighted by atomic mass is 16.3. The summed E-state index contributed by atoms with van der Waals surface area (Å²) in [5, 5.41) is 19.9. The largest absolute Gasteiger partial charge is 0.508 e. The van der Waals surface area contributed by atoms with Crippen LogP contribution in [0.15, 0.2) is 89.2 Å². The quantitative estimate of drug-likeness (QED) is 0.635. The summed E-state index contributed by atoms with van der Waals surface area (Å²) in [6.07, 6.45) is 7.85. The van der Waals surface area contributed by atoms with Crippen LogP contribution in [0, 0.1) is 0 Å². The van der Waals surface area contributed by atoms with Gasteiger partial charge in [0, 0.05) is 0 Å². The van der Waals surface area contributed by atoms with Crippen LogP contribution in [0.5, 0.6) is 5.75 Å². The van der Waals surface area contributed by atoms with Gasteiger partial charge < -0.3 is 10.2 Å². The molecule has 136 valence electrons. The van der Waals surface area contributed by atoms with Crippen molar-refractivity contribution in [2.24, 2.45) is 0 Å². The summed E-state index contributed by atoms with van der Waals surface area (Å²) >= 11 is 0. The van der Waals surface area contributed by atoms with Crippen molar-refractivity contribution in [2.45, 2.75) is 32.6 Å². The molecule has 2 heteroatoms. The predicted octanol–water partition coefficient (Wildman–Crippen LogP) is 6.58. The van der Waals surface area contributed by atoms with Gasteiger partial charge in [-0.15, -0.1) is 0 Å². The van der Waals surface area contributed by atoms with Crippen LogP contribution in [0.1, 0.15) is 43.7 Å². The molecule has 0 heterocycles. The van der Waals surface area contributed by atoms with Crippen LogP contribution < -0.4 is 0 Å². The highest BCUT2D eigenvalue weighted by molar-refractivity contribution is 6.11. The number of phenols is 1. The minimum atomic E-state index is 0.275. The zero-order chi connectivity index (χ0) is 18.8. The Morgan fingerprint density at radius 2 is 1.56 bits per heavy atom. The van der Waals surface area contributed by atoms with Crippen LogP contribution >= 0.6 is 0 Å². The molecule has 0 saturated heterocycles. The smallest absolute Gasteiger partial charge is 0.115 e. The van der Waals surface area contributed by atoms with Crippen molar-refractivity contribution in [3.63, 3.8) is 0 Å². The third-order valence-corrected chi connectivity index (χ3v) is 5.32. The van der Waals surface area contributed by atoms with E-state index >= 15 is 0 Å². The molecule has 2 aromatic rings. The second-order valence-electron chi connectivity index (χ2n) is 7.11. The van der Waals surface area contributed by atoms with Gasteiger partial charge in [0.1, 0.15) is 11.5 Å².